The van der Waals surface area contributed by atoms with Gasteiger partial charge in [-0.1, -0.05) is 23.7 Å². The van der Waals surface area contributed by atoms with Crippen LogP contribution in [0.4, 0.5) is 10.5 Å². The van der Waals surface area contributed by atoms with Gasteiger partial charge in [0, 0.05) is 5.69 Å². The number of benzene rings is 2. The summed E-state index contributed by atoms with van der Waals surface area (Å²) in [6, 6.07) is 12.8. The van der Waals surface area contributed by atoms with Crippen LogP contribution in [0.5, 0.6) is 0 Å². The van der Waals surface area contributed by atoms with E-state index >= 15 is 0 Å². The van der Waals surface area contributed by atoms with Crippen LogP contribution in [0, 0.1) is 0 Å². The molecule has 0 aliphatic carbocycles. The number of thiophene rings is 1. The Bertz CT molecular complexity index is 1580. The summed E-state index contributed by atoms with van der Waals surface area (Å²) in [6.07, 6.45) is 0. The molecule has 0 unspecified atom stereocenters. The number of rotatable bonds is 4. The number of aromatic nitrogens is 2. The quantitative estimate of drug-likeness (QED) is 0.354. The van der Waals surface area contributed by atoms with Crippen LogP contribution >= 0.6 is 38.9 Å². The van der Waals surface area contributed by atoms with Gasteiger partial charge >= 0.3 is 11.7 Å². The Labute approximate surface area is 197 Å². The number of H-pyrrole nitrogens is 1. The lowest BCUT2D eigenvalue weighted by molar-refractivity contribution is 0.256. The lowest BCUT2D eigenvalue weighted by Gasteiger charge is -2.10. The van der Waals surface area contributed by atoms with Crippen molar-refractivity contribution in [3.05, 3.63) is 84.2 Å². The third kappa shape index (κ3) is 4.35. The summed E-state index contributed by atoms with van der Waals surface area (Å²) < 4.78 is 27.9. The monoisotopic (exact) mass is 554 g/mol. The fourth-order valence-corrected chi connectivity index (χ4v) is 6.84. The van der Waals surface area contributed by atoms with Crippen LogP contribution < -0.4 is 21.3 Å². The predicted octanol–water partition coefficient (Wildman–Crippen LogP) is 3.67. The maximum atomic E-state index is 12.7. The number of sulfonamides is 1. The van der Waals surface area contributed by atoms with Crippen LogP contribution in [0.25, 0.3) is 16.6 Å². The summed E-state index contributed by atoms with van der Waals surface area (Å²) in [6.45, 7) is 0. The van der Waals surface area contributed by atoms with E-state index in [1.54, 1.807) is 24.3 Å². The highest BCUT2D eigenvalue weighted by atomic mass is 79.9. The lowest BCUT2D eigenvalue weighted by atomic mass is 10.2. The van der Waals surface area contributed by atoms with Crippen molar-refractivity contribution in [2.45, 2.75) is 4.21 Å². The molecular weight excluding hydrogens is 544 g/mol. The molecule has 9 nitrogen and oxygen atoms in total. The first-order valence-corrected chi connectivity index (χ1v) is 12.3. The second kappa shape index (κ2) is 8.54. The number of carbonyl (C=O) groups excluding carboxylic acids is 1. The molecule has 0 radical (unpaired) electrons. The summed E-state index contributed by atoms with van der Waals surface area (Å²) >= 11 is 9.69. The summed E-state index contributed by atoms with van der Waals surface area (Å²) in [5, 5.41) is 2.73. The molecule has 4 aromatic rings. The van der Waals surface area contributed by atoms with Crippen molar-refractivity contribution in [3.63, 3.8) is 0 Å². The van der Waals surface area contributed by atoms with Crippen LogP contribution in [0.3, 0.4) is 0 Å². The molecule has 2 amide bonds. The highest BCUT2D eigenvalue weighted by Gasteiger charge is 2.23. The second-order valence-electron chi connectivity index (χ2n) is 6.41. The van der Waals surface area contributed by atoms with E-state index in [2.05, 4.69) is 26.2 Å². The van der Waals surface area contributed by atoms with Crippen molar-refractivity contribution in [3.8, 4) is 5.69 Å². The third-order valence-electron chi connectivity index (χ3n) is 4.29. The predicted molar refractivity (Wildman–Crippen MR) is 127 cm³/mol. The van der Waals surface area contributed by atoms with E-state index in [1.807, 2.05) is 4.72 Å². The zero-order valence-corrected chi connectivity index (χ0v) is 19.7. The number of para-hydroxylation sites is 1. The minimum absolute atomic E-state index is 0.136. The lowest BCUT2D eigenvalue weighted by Crippen LogP contribution is -2.34. The van der Waals surface area contributed by atoms with Crippen molar-refractivity contribution < 1.29 is 13.2 Å². The van der Waals surface area contributed by atoms with Crippen molar-refractivity contribution in [1.82, 2.24) is 14.3 Å². The molecule has 0 atom stereocenters. The number of fused-ring (bicyclic) bond motifs is 1. The molecule has 2 heterocycles. The molecule has 0 aliphatic heterocycles. The summed E-state index contributed by atoms with van der Waals surface area (Å²) in [5.41, 5.74) is -0.158. The Morgan fingerprint density at radius 2 is 1.78 bits per heavy atom. The Kier molecular flexibility index (Phi) is 5.95. The largest absolute Gasteiger partial charge is 0.333 e. The molecule has 0 aliphatic rings. The Balaban J connectivity index is 1.56. The number of halogens is 2. The van der Waals surface area contributed by atoms with Gasteiger partial charge in [0.1, 0.15) is 0 Å². The maximum absolute atomic E-state index is 12.7. The van der Waals surface area contributed by atoms with Gasteiger partial charge in [0.2, 0.25) is 0 Å². The fraction of sp³-hybridized carbons (Fsp3) is 0. The summed E-state index contributed by atoms with van der Waals surface area (Å²) in [4.78, 5) is 39.9. The van der Waals surface area contributed by atoms with Crippen LogP contribution in [0.1, 0.15) is 0 Å². The van der Waals surface area contributed by atoms with Crippen molar-refractivity contribution in [2.24, 2.45) is 0 Å². The highest BCUT2D eigenvalue weighted by Crippen LogP contribution is 2.34. The summed E-state index contributed by atoms with van der Waals surface area (Å²) in [5.74, 6) is 0. The Morgan fingerprint density at radius 3 is 2.44 bits per heavy atom. The van der Waals surface area contributed by atoms with E-state index in [0.717, 1.165) is 15.9 Å². The number of nitrogens with zero attached hydrogens (tertiary/aromatic N) is 1. The van der Waals surface area contributed by atoms with E-state index < -0.39 is 27.3 Å². The molecule has 0 spiro atoms. The molecule has 13 heteroatoms. The van der Waals surface area contributed by atoms with E-state index in [1.165, 1.54) is 30.3 Å². The van der Waals surface area contributed by atoms with E-state index in [0.29, 0.717) is 10.9 Å². The standard InChI is InChI=1S/C19H12BrClN4O5S2/c20-13-9-15(21)31-17(13)32(29,30)24-18(27)22-10-5-7-11(8-6-10)25-16(26)12-3-1-2-4-14(12)23-19(25)28/h1-9H,(H,23,28)(H2,22,24,27). The fourth-order valence-electron chi connectivity index (χ4n) is 2.92. The van der Waals surface area contributed by atoms with Crippen molar-refractivity contribution in [1.29, 1.82) is 0 Å². The van der Waals surface area contributed by atoms with Crippen LogP contribution in [0.15, 0.2) is 72.9 Å². The van der Waals surface area contributed by atoms with E-state index in [9.17, 15) is 22.8 Å². The number of anilines is 1. The van der Waals surface area contributed by atoms with Gasteiger partial charge in [0.05, 0.1) is 25.4 Å². The molecule has 0 saturated heterocycles. The Morgan fingerprint density at radius 1 is 1.09 bits per heavy atom. The number of urea groups is 1. The molecule has 32 heavy (non-hydrogen) atoms. The van der Waals surface area contributed by atoms with Crippen LogP contribution in [-0.2, 0) is 10.0 Å². The number of carbonyl (C=O) groups is 1. The highest BCUT2D eigenvalue weighted by molar-refractivity contribution is 9.10. The van der Waals surface area contributed by atoms with E-state index in [4.69, 9.17) is 11.6 Å². The van der Waals surface area contributed by atoms with Crippen LogP contribution in [0.2, 0.25) is 4.34 Å². The maximum Gasteiger partial charge on any atom is 0.333 e. The molecular formula is C19H12BrClN4O5S2. The first kappa shape index (κ1) is 22.3. The number of nitrogens with one attached hydrogen (secondary N) is 3. The normalized spacial score (nSPS) is 11.4. The van der Waals surface area contributed by atoms with Gasteiger partial charge in [-0.05, 0) is 58.4 Å². The minimum atomic E-state index is -4.14. The zero-order chi connectivity index (χ0) is 23.0. The van der Waals surface area contributed by atoms with Gasteiger partial charge < -0.3 is 10.3 Å². The molecule has 3 N–H and O–H groups in total. The Hall–Kier alpha value is -2.93. The molecule has 0 bridgehead atoms. The smallest absolute Gasteiger partial charge is 0.307 e. The molecule has 0 fully saturated rings. The molecule has 0 saturated carbocycles. The van der Waals surface area contributed by atoms with Crippen LogP contribution in [-0.4, -0.2) is 24.0 Å². The first-order chi connectivity index (χ1) is 15.2. The van der Waals surface area contributed by atoms with E-state index in [-0.39, 0.29) is 24.4 Å². The number of aromatic amines is 1. The SMILES string of the molecule is O=C(Nc1ccc(-n2c(=O)[nH]c3ccccc3c2=O)cc1)NS(=O)(=O)c1sc(Cl)cc1Br. The second-order valence-corrected chi connectivity index (χ2v) is 10.8. The minimum Gasteiger partial charge on any atom is -0.307 e. The molecule has 2 aromatic carbocycles. The zero-order valence-electron chi connectivity index (χ0n) is 15.8. The van der Waals surface area contributed by atoms with Gasteiger partial charge in [-0.2, -0.15) is 0 Å². The molecule has 164 valence electrons. The average Bonchev–Trinajstić information content (AvgIpc) is 3.08. The third-order valence-corrected chi connectivity index (χ3v) is 8.56. The van der Waals surface area contributed by atoms with Crippen molar-refractivity contribution >= 4 is 71.5 Å². The number of hydrogen-bond donors (Lipinski definition) is 3. The number of amides is 2. The van der Waals surface area contributed by atoms with Crippen molar-refractivity contribution in [2.75, 3.05) is 5.32 Å². The average molecular weight is 556 g/mol. The van der Waals surface area contributed by atoms with Gasteiger partial charge in [0.15, 0.2) is 4.21 Å². The van der Waals surface area contributed by atoms with Gasteiger partial charge in [-0.15, -0.1) is 11.3 Å². The molecule has 2 aromatic heterocycles. The van der Waals surface area contributed by atoms with Gasteiger partial charge in [0.25, 0.3) is 15.6 Å². The topological polar surface area (TPSA) is 130 Å². The first-order valence-electron chi connectivity index (χ1n) is 8.79. The van der Waals surface area contributed by atoms with Gasteiger partial charge in [-0.25, -0.2) is 27.3 Å². The summed E-state index contributed by atoms with van der Waals surface area (Å²) in [7, 11) is -4.14. The molecule has 4 rings (SSSR count). The van der Waals surface area contributed by atoms with Gasteiger partial charge in [-0.3, -0.25) is 4.79 Å². The number of hydrogen-bond acceptors (Lipinski definition) is 6.